The molecule has 0 saturated carbocycles. The molecule has 0 N–H and O–H groups in total. The minimum absolute atomic E-state index is 0.0337. The molecular weight excluding hydrogens is 309 g/mol. The number of hydrogen-bond donors (Lipinski definition) is 0. The average molecular weight is 324 g/mol. The quantitative estimate of drug-likeness (QED) is 0.870. The first-order valence-electron chi connectivity index (χ1n) is 7.23. The number of benzene rings is 1. The van der Waals surface area contributed by atoms with Crippen molar-refractivity contribution in [3.63, 3.8) is 0 Å². The minimum Gasteiger partial charge on any atom is -0.340 e. The minimum atomic E-state index is -4.40. The number of alkyl halides is 3. The first kappa shape index (κ1) is 15.5. The summed E-state index contributed by atoms with van der Waals surface area (Å²) in [6, 6.07) is 4.97. The molecule has 5 nitrogen and oxygen atoms in total. The Labute approximate surface area is 130 Å². The second kappa shape index (κ2) is 6.02. The number of rotatable bonds is 3. The summed E-state index contributed by atoms with van der Waals surface area (Å²) in [5.41, 5.74) is -0.362. The summed E-state index contributed by atoms with van der Waals surface area (Å²) in [5.74, 6) is -0.174. The topological polar surface area (TPSA) is 51.0 Å². The van der Waals surface area contributed by atoms with Crippen LogP contribution in [-0.2, 0) is 17.4 Å². The fourth-order valence-corrected chi connectivity index (χ4v) is 2.74. The van der Waals surface area contributed by atoms with Gasteiger partial charge in [-0.05, 0) is 18.1 Å². The molecule has 1 aliphatic rings. The van der Waals surface area contributed by atoms with E-state index >= 15 is 0 Å². The fourth-order valence-electron chi connectivity index (χ4n) is 2.74. The highest BCUT2D eigenvalue weighted by Gasteiger charge is 2.31. The van der Waals surface area contributed by atoms with Gasteiger partial charge in [-0.1, -0.05) is 23.4 Å². The maximum Gasteiger partial charge on any atom is 0.416 e. The number of amides is 1. The molecule has 1 fully saturated rings. The zero-order chi connectivity index (χ0) is 16.4. The highest BCUT2D eigenvalue weighted by Crippen LogP contribution is 2.30. The zero-order valence-electron chi connectivity index (χ0n) is 12.2. The number of likely N-dealkylation sites (tertiary alicyclic amines) is 1. The van der Waals surface area contributed by atoms with Crippen LogP contribution in [-0.4, -0.2) is 38.9 Å². The molecule has 1 atom stereocenters. The molecule has 23 heavy (non-hydrogen) atoms. The second-order valence-corrected chi connectivity index (χ2v) is 5.54. The molecule has 2 aromatic rings. The molecule has 0 spiro atoms. The van der Waals surface area contributed by atoms with Gasteiger partial charge in [-0.15, -0.1) is 5.10 Å². The van der Waals surface area contributed by atoms with Gasteiger partial charge in [0.2, 0.25) is 5.91 Å². The molecule has 3 rings (SSSR count). The molecule has 0 aliphatic carbocycles. The first-order valence-corrected chi connectivity index (χ1v) is 7.23. The summed E-state index contributed by atoms with van der Waals surface area (Å²) in [7, 11) is 0. The summed E-state index contributed by atoms with van der Waals surface area (Å²) in [5, 5.41) is 7.66. The number of aromatic nitrogens is 3. The summed E-state index contributed by atoms with van der Waals surface area (Å²) in [4.78, 5) is 13.9. The van der Waals surface area contributed by atoms with Gasteiger partial charge in [0.05, 0.1) is 24.2 Å². The molecule has 122 valence electrons. The lowest BCUT2D eigenvalue weighted by Crippen LogP contribution is -2.30. The van der Waals surface area contributed by atoms with Crippen molar-refractivity contribution >= 4 is 5.91 Å². The zero-order valence-corrected chi connectivity index (χ0v) is 12.2. The molecule has 1 aromatic heterocycles. The number of halogens is 3. The van der Waals surface area contributed by atoms with E-state index < -0.39 is 11.7 Å². The predicted molar refractivity (Wildman–Crippen MR) is 75.4 cm³/mol. The van der Waals surface area contributed by atoms with Crippen molar-refractivity contribution in [3.05, 3.63) is 47.8 Å². The molecular formula is C15H15F3N4O. The monoisotopic (exact) mass is 324 g/mol. The summed E-state index contributed by atoms with van der Waals surface area (Å²) in [6.45, 7) is 1.07. The van der Waals surface area contributed by atoms with Gasteiger partial charge in [-0.25, -0.2) is 4.68 Å². The Morgan fingerprint density at radius 3 is 2.87 bits per heavy atom. The molecule has 2 heterocycles. The third kappa shape index (κ3) is 3.52. The maximum absolute atomic E-state index is 12.7. The lowest BCUT2D eigenvalue weighted by Gasteiger charge is -2.17. The Hall–Kier alpha value is -2.38. The fraction of sp³-hybridized carbons (Fsp3) is 0.400. The number of carbonyl (C=O) groups is 1. The van der Waals surface area contributed by atoms with Crippen molar-refractivity contribution in [2.75, 3.05) is 13.1 Å². The number of carbonyl (C=O) groups excluding carboxylic acids is 1. The summed E-state index contributed by atoms with van der Waals surface area (Å²) >= 11 is 0. The van der Waals surface area contributed by atoms with E-state index in [-0.39, 0.29) is 18.4 Å². The molecule has 1 saturated heterocycles. The van der Waals surface area contributed by atoms with E-state index in [0.29, 0.717) is 18.7 Å². The van der Waals surface area contributed by atoms with Crippen LogP contribution in [0.25, 0.3) is 0 Å². The average Bonchev–Trinajstić information content (AvgIpc) is 3.18. The lowest BCUT2D eigenvalue weighted by atomic mass is 10.1. The Morgan fingerprint density at radius 1 is 1.35 bits per heavy atom. The highest BCUT2D eigenvalue weighted by molar-refractivity contribution is 5.79. The molecule has 0 radical (unpaired) electrons. The second-order valence-electron chi connectivity index (χ2n) is 5.54. The standard InChI is InChI=1S/C15H15F3N4O/c16-15(17,18)12-3-1-2-11(8-12)9-14(23)21-6-4-13(10-21)22-7-5-19-20-22/h1-3,5,7-8,13H,4,6,9-10H2. The molecule has 1 aliphatic heterocycles. The Balaban J connectivity index is 1.64. The van der Waals surface area contributed by atoms with Crippen LogP contribution < -0.4 is 0 Å². The summed E-state index contributed by atoms with van der Waals surface area (Å²) < 4.78 is 39.8. The van der Waals surface area contributed by atoms with Crippen LogP contribution in [0.15, 0.2) is 36.7 Å². The van der Waals surface area contributed by atoms with E-state index in [9.17, 15) is 18.0 Å². The van der Waals surface area contributed by atoms with E-state index in [1.807, 2.05) is 0 Å². The van der Waals surface area contributed by atoms with Gasteiger partial charge in [-0.3, -0.25) is 4.79 Å². The van der Waals surface area contributed by atoms with E-state index in [0.717, 1.165) is 18.6 Å². The van der Waals surface area contributed by atoms with Crippen LogP contribution in [0.3, 0.4) is 0 Å². The van der Waals surface area contributed by atoms with Gasteiger partial charge in [0.15, 0.2) is 0 Å². The molecule has 0 bridgehead atoms. The maximum atomic E-state index is 12.7. The number of hydrogen-bond acceptors (Lipinski definition) is 3. The molecule has 1 unspecified atom stereocenters. The Bertz CT molecular complexity index is 684. The van der Waals surface area contributed by atoms with Crippen LogP contribution in [0.2, 0.25) is 0 Å². The predicted octanol–water partition coefficient (Wildman–Crippen LogP) is 2.31. The van der Waals surface area contributed by atoms with Crippen molar-refractivity contribution in [2.24, 2.45) is 0 Å². The van der Waals surface area contributed by atoms with Gasteiger partial charge in [0.1, 0.15) is 0 Å². The van der Waals surface area contributed by atoms with Crippen molar-refractivity contribution in [3.8, 4) is 0 Å². The van der Waals surface area contributed by atoms with Gasteiger partial charge in [-0.2, -0.15) is 13.2 Å². The van der Waals surface area contributed by atoms with Crippen LogP contribution in [0, 0.1) is 0 Å². The third-order valence-electron chi connectivity index (χ3n) is 3.94. The van der Waals surface area contributed by atoms with E-state index in [1.165, 1.54) is 12.1 Å². The highest BCUT2D eigenvalue weighted by atomic mass is 19.4. The first-order chi connectivity index (χ1) is 10.9. The van der Waals surface area contributed by atoms with Gasteiger partial charge < -0.3 is 4.90 Å². The largest absolute Gasteiger partial charge is 0.416 e. The van der Waals surface area contributed by atoms with Crippen LogP contribution in [0.1, 0.15) is 23.6 Å². The Kier molecular flexibility index (Phi) is 4.06. The number of nitrogens with zero attached hydrogens (tertiary/aromatic N) is 4. The lowest BCUT2D eigenvalue weighted by molar-refractivity contribution is -0.138. The van der Waals surface area contributed by atoms with Crippen molar-refractivity contribution < 1.29 is 18.0 Å². The third-order valence-corrected chi connectivity index (χ3v) is 3.94. The van der Waals surface area contributed by atoms with Crippen molar-refractivity contribution in [1.29, 1.82) is 0 Å². The van der Waals surface area contributed by atoms with Crippen LogP contribution in [0.4, 0.5) is 13.2 Å². The summed E-state index contributed by atoms with van der Waals surface area (Å²) in [6.07, 6.45) is -0.352. The smallest absolute Gasteiger partial charge is 0.340 e. The van der Waals surface area contributed by atoms with Gasteiger partial charge >= 0.3 is 6.18 Å². The van der Waals surface area contributed by atoms with Crippen molar-refractivity contribution in [1.82, 2.24) is 19.9 Å². The van der Waals surface area contributed by atoms with E-state index in [2.05, 4.69) is 10.3 Å². The van der Waals surface area contributed by atoms with Gasteiger partial charge in [0.25, 0.3) is 0 Å². The Morgan fingerprint density at radius 2 is 2.17 bits per heavy atom. The molecule has 1 amide bonds. The van der Waals surface area contributed by atoms with Crippen LogP contribution >= 0.6 is 0 Å². The van der Waals surface area contributed by atoms with Crippen molar-refractivity contribution in [2.45, 2.75) is 25.1 Å². The molecule has 1 aromatic carbocycles. The molecule has 8 heteroatoms. The SMILES string of the molecule is O=C(Cc1cccc(C(F)(F)F)c1)N1CCC(n2ccnn2)C1. The van der Waals surface area contributed by atoms with E-state index in [4.69, 9.17) is 0 Å². The van der Waals surface area contributed by atoms with E-state index in [1.54, 1.807) is 22.0 Å². The van der Waals surface area contributed by atoms with Gasteiger partial charge in [0, 0.05) is 19.3 Å². The normalized spacial score (nSPS) is 18.4. The van der Waals surface area contributed by atoms with Crippen LogP contribution in [0.5, 0.6) is 0 Å².